The van der Waals surface area contributed by atoms with Crippen molar-refractivity contribution >= 4 is 11.8 Å². The average Bonchev–Trinajstić information content (AvgIpc) is 2.73. The Kier molecular flexibility index (Phi) is 7.02. The number of hydrogen-bond donors (Lipinski definition) is 0. The summed E-state index contributed by atoms with van der Waals surface area (Å²) in [4.78, 5) is 27.3. The number of esters is 1. The number of carbonyl (C=O) groups excluding carboxylic acids is 2. The highest BCUT2D eigenvalue weighted by molar-refractivity contribution is 5.84. The van der Waals surface area contributed by atoms with E-state index in [9.17, 15) is 9.59 Å². The molecule has 1 fully saturated rings. The molecule has 1 heterocycles. The monoisotopic (exact) mass is 270 g/mol. The molecule has 0 amide bonds. The predicted octanol–water partition coefficient (Wildman–Crippen LogP) is 0.925. The van der Waals surface area contributed by atoms with Crippen LogP contribution in [0, 0.1) is 0 Å². The third-order valence-electron chi connectivity index (χ3n) is 3.55. The van der Waals surface area contributed by atoms with Crippen LogP contribution in [0.3, 0.4) is 0 Å². The molecule has 1 saturated heterocycles. The Balaban J connectivity index is 2.18. The van der Waals surface area contributed by atoms with Gasteiger partial charge in [-0.25, -0.2) is 0 Å². The van der Waals surface area contributed by atoms with E-state index >= 15 is 0 Å². The van der Waals surface area contributed by atoms with Crippen molar-refractivity contribution in [2.45, 2.75) is 38.6 Å². The average molecular weight is 270 g/mol. The molecular weight excluding hydrogens is 244 g/mol. The molecule has 0 bridgehead atoms. The molecule has 0 aromatic rings. The normalized spacial score (nSPS) is 19.9. The van der Waals surface area contributed by atoms with Crippen molar-refractivity contribution in [1.29, 1.82) is 0 Å². The van der Waals surface area contributed by atoms with Crippen molar-refractivity contribution < 1.29 is 14.3 Å². The van der Waals surface area contributed by atoms with E-state index in [0.29, 0.717) is 19.2 Å². The van der Waals surface area contributed by atoms with Gasteiger partial charge in [0.05, 0.1) is 19.6 Å². The first kappa shape index (κ1) is 16.1. The predicted molar refractivity (Wildman–Crippen MR) is 74.0 cm³/mol. The second kappa shape index (κ2) is 8.27. The van der Waals surface area contributed by atoms with E-state index in [4.69, 9.17) is 4.74 Å². The van der Waals surface area contributed by atoms with Crippen LogP contribution in [0.5, 0.6) is 0 Å². The highest BCUT2D eigenvalue weighted by atomic mass is 16.5. The number of hydrogen-bond acceptors (Lipinski definition) is 5. The van der Waals surface area contributed by atoms with Crippen LogP contribution < -0.4 is 0 Å². The van der Waals surface area contributed by atoms with E-state index in [1.807, 2.05) is 7.05 Å². The number of nitrogens with zero attached hydrogens (tertiary/aromatic N) is 2. The Bertz CT molecular complexity index is 307. The molecule has 0 radical (unpaired) electrons. The largest absolute Gasteiger partial charge is 0.466 e. The summed E-state index contributed by atoms with van der Waals surface area (Å²) in [5.41, 5.74) is 0. The maximum atomic E-state index is 11.8. The van der Waals surface area contributed by atoms with Gasteiger partial charge in [0, 0.05) is 19.0 Å². The van der Waals surface area contributed by atoms with E-state index in [0.717, 1.165) is 13.1 Å². The number of Topliss-reactive ketones (excluding diaryl/α,β-unsaturated/α-hetero) is 1. The number of rotatable bonds is 8. The fraction of sp³-hybridized carbons (Fsp3) is 0.857. The zero-order valence-corrected chi connectivity index (χ0v) is 12.4. The fourth-order valence-electron chi connectivity index (χ4n) is 2.49. The molecule has 0 aromatic heterocycles. The highest BCUT2D eigenvalue weighted by Gasteiger charge is 2.22. The quantitative estimate of drug-likeness (QED) is 0.614. The standard InChI is InChI=1S/C14H26N2O3/c1-4-19-14(18)8-7-13(17)11-15(2)10-12-6-5-9-16(12)3/h12H,4-11H2,1-3H3. The van der Waals surface area contributed by atoms with Crippen LogP contribution in [-0.2, 0) is 14.3 Å². The lowest BCUT2D eigenvalue weighted by molar-refractivity contribution is -0.144. The Morgan fingerprint density at radius 2 is 2.11 bits per heavy atom. The molecule has 0 spiro atoms. The highest BCUT2D eigenvalue weighted by Crippen LogP contribution is 2.15. The lowest BCUT2D eigenvalue weighted by atomic mass is 10.2. The molecule has 0 aromatic carbocycles. The van der Waals surface area contributed by atoms with Crippen molar-refractivity contribution in [1.82, 2.24) is 9.80 Å². The molecule has 1 atom stereocenters. The van der Waals surface area contributed by atoms with Gasteiger partial charge in [0.1, 0.15) is 5.78 Å². The summed E-state index contributed by atoms with van der Waals surface area (Å²) in [6.45, 7) is 4.63. The molecule has 5 nitrogen and oxygen atoms in total. The van der Waals surface area contributed by atoms with Gasteiger partial charge in [-0.15, -0.1) is 0 Å². The smallest absolute Gasteiger partial charge is 0.306 e. The Morgan fingerprint density at radius 1 is 1.37 bits per heavy atom. The van der Waals surface area contributed by atoms with Crippen LogP contribution >= 0.6 is 0 Å². The minimum atomic E-state index is -0.283. The van der Waals surface area contributed by atoms with Gasteiger partial charge in [-0.2, -0.15) is 0 Å². The summed E-state index contributed by atoms with van der Waals surface area (Å²) in [5.74, 6) is -0.176. The van der Waals surface area contributed by atoms with Crippen LogP contribution in [0.1, 0.15) is 32.6 Å². The Morgan fingerprint density at radius 3 is 2.68 bits per heavy atom. The van der Waals surface area contributed by atoms with Crippen molar-refractivity contribution in [2.75, 3.05) is 40.3 Å². The van der Waals surface area contributed by atoms with Gasteiger partial charge in [0.25, 0.3) is 0 Å². The number of likely N-dealkylation sites (tertiary alicyclic amines) is 1. The van der Waals surface area contributed by atoms with Crippen LogP contribution in [0.15, 0.2) is 0 Å². The molecule has 19 heavy (non-hydrogen) atoms. The van der Waals surface area contributed by atoms with Gasteiger partial charge in [-0.05, 0) is 40.4 Å². The summed E-state index contributed by atoms with van der Waals surface area (Å²) in [5, 5.41) is 0. The SMILES string of the molecule is CCOC(=O)CCC(=O)CN(C)CC1CCCN1C. The molecule has 1 unspecified atom stereocenters. The molecule has 110 valence electrons. The maximum Gasteiger partial charge on any atom is 0.306 e. The molecule has 0 aliphatic carbocycles. The van der Waals surface area contributed by atoms with E-state index in [-0.39, 0.29) is 24.6 Å². The van der Waals surface area contributed by atoms with Crippen molar-refractivity contribution in [3.05, 3.63) is 0 Å². The van der Waals surface area contributed by atoms with E-state index in [1.54, 1.807) is 6.92 Å². The van der Waals surface area contributed by atoms with Gasteiger partial charge in [0.15, 0.2) is 0 Å². The molecular formula is C14H26N2O3. The first-order valence-corrected chi connectivity index (χ1v) is 7.09. The van der Waals surface area contributed by atoms with Crippen LogP contribution in [-0.4, -0.2) is 67.9 Å². The van der Waals surface area contributed by atoms with Crippen molar-refractivity contribution in [3.63, 3.8) is 0 Å². The molecule has 0 N–H and O–H groups in total. The molecule has 1 rings (SSSR count). The summed E-state index contributed by atoms with van der Waals surface area (Å²) >= 11 is 0. The topological polar surface area (TPSA) is 49.9 Å². The zero-order valence-electron chi connectivity index (χ0n) is 12.4. The molecule has 0 saturated carbocycles. The van der Waals surface area contributed by atoms with Crippen LogP contribution in [0.4, 0.5) is 0 Å². The third-order valence-corrected chi connectivity index (χ3v) is 3.55. The zero-order chi connectivity index (χ0) is 14.3. The summed E-state index contributed by atoms with van der Waals surface area (Å²) in [6, 6.07) is 0.558. The van der Waals surface area contributed by atoms with E-state index in [1.165, 1.54) is 12.8 Å². The second-order valence-corrected chi connectivity index (χ2v) is 5.32. The van der Waals surface area contributed by atoms with Gasteiger partial charge in [-0.1, -0.05) is 0 Å². The molecule has 5 heteroatoms. The van der Waals surface area contributed by atoms with Crippen LogP contribution in [0.25, 0.3) is 0 Å². The Labute approximate surface area is 115 Å². The van der Waals surface area contributed by atoms with Gasteiger partial charge in [-0.3, -0.25) is 14.5 Å². The fourth-order valence-corrected chi connectivity index (χ4v) is 2.49. The van der Waals surface area contributed by atoms with Gasteiger partial charge < -0.3 is 9.64 Å². The summed E-state index contributed by atoms with van der Waals surface area (Å²) < 4.78 is 4.81. The number of likely N-dealkylation sites (N-methyl/N-ethyl adjacent to an activating group) is 2. The lowest BCUT2D eigenvalue weighted by Gasteiger charge is -2.25. The first-order chi connectivity index (χ1) is 9.02. The summed E-state index contributed by atoms with van der Waals surface area (Å²) in [6.07, 6.45) is 2.93. The number of carbonyl (C=O) groups is 2. The van der Waals surface area contributed by atoms with Gasteiger partial charge >= 0.3 is 5.97 Å². The number of ether oxygens (including phenoxy) is 1. The van der Waals surface area contributed by atoms with Gasteiger partial charge in [0.2, 0.25) is 0 Å². The first-order valence-electron chi connectivity index (χ1n) is 7.09. The van der Waals surface area contributed by atoms with Crippen molar-refractivity contribution in [2.24, 2.45) is 0 Å². The third kappa shape index (κ3) is 6.16. The second-order valence-electron chi connectivity index (χ2n) is 5.32. The minimum Gasteiger partial charge on any atom is -0.466 e. The number of ketones is 1. The lowest BCUT2D eigenvalue weighted by Crippen LogP contribution is -2.38. The maximum absolute atomic E-state index is 11.8. The van der Waals surface area contributed by atoms with E-state index in [2.05, 4.69) is 16.8 Å². The Hall–Kier alpha value is -0.940. The molecule has 1 aliphatic heterocycles. The van der Waals surface area contributed by atoms with Crippen LogP contribution in [0.2, 0.25) is 0 Å². The minimum absolute atomic E-state index is 0.108. The van der Waals surface area contributed by atoms with Crippen molar-refractivity contribution in [3.8, 4) is 0 Å². The summed E-state index contributed by atoms with van der Waals surface area (Å²) in [7, 11) is 4.10. The van der Waals surface area contributed by atoms with E-state index < -0.39 is 0 Å². The molecule has 1 aliphatic rings.